The maximum absolute atomic E-state index is 10.7. The first kappa shape index (κ1) is 8.87. The fourth-order valence-corrected chi connectivity index (χ4v) is 1.52. The van der Waals surface area contributed by atoms with Gasteiger partial charge in [-0.2, -0.15) is 0 Å². The molecular weight excluding hydrogens is 184 g/mol. The SMILES string of the molecule is O=C(O)[C@@H]1COc2cc(O)ccc2C1. The number of rotatable bonds is 1. The van der Waals surface area contributed by atoms with Crippen molar-refractivity contribution in [2.45, 2.75) is 6.42 Å². The monoisotopic (exact) mass is 194 g/mol. The smallest absolute Gasteiger partial charge is 0.310 e. The van der Waals surface area contributed by atoms with Crippen molar-refractivity contribution in [3.8, 4) is 11.5 Å². The van der Waals surface area contributed by atoms with Crippen LogP contribution < -0.4 is 4.74 Å². The summed E-state index contributed by atoms with van der Waals surface area (Å²) >= 11 is 0. The molecule has 0 aliphatic carbocycles. The van der Waals surface area contributed by atoms with Gasteiger partial charge in [0.1, 0.15) is 18.1 Å². The number of aliphatic carboxylic acids is 1. The highest BCUT2D eigenvalue weighted by Gasteiger charge is 2.25. The lowest BCUT2D eigenvalue weighted by atomic mass is 9.97. The molecule has 0 amide bonds. The number of benzene rings is 1. The first-order valence-corrected chi connectivity index (χ1v) is 4.34. The number of carboxylic acid groups (broad SMARTS) is 1. The molecule has 2 rings (SSSR count). The second kappa shape index (κ2) is 3.21. The van der Waals surface area contributed by atoms with Gasteiger partial charge in [0.15, 0.2) is 0 Å². The van der Waals surface area contributed by atoms with Crippen molar-refractivity contribution in [3.63, 3.8) is 0 Å². The van der Waals surface area contributed by atoms with E-state index in [9.17, 15) is 4.79 Å². The lowest BCUT2D eigenvalue weighted by Crippen LogP contribution is -2.27. The van der Waals surface area contributed by atoms with Crippen molar-refractivity contribution in [2.75, 3.05) is 6.61 Å². The van der Waals surface area contributed by atoms with Gasteiger partial charge in [0, 0.05) is 6.07 Å². The highest BCUT2D eigenvalue weighted by molar-refractivity contribution is 5.71. The van der Waals surface area contributed by atoms with Gasteiger partial charge in [-0.1, -0.05) is 6.07 Å². The first-order valence-electron chi connectivity index (χ1n) is 4.34. The number of phenols is 1. The van der Waals surface area contributed by atoms with E-state index in [1.807, 2.05) is 0 Å². The molecule has 1 atom stereocenters. The largest absolute Gasteiger partial charge is 0.508 e. The number of aromatic hydroxyl groups is 1. The molecule has 0 saturated carbocycles. The Morgan fingerprint density at radius 2 is 2.29 bits per heavy atom. The van der Waals surface area contributed by atoms with Gasteiger partial charge in [-0.05, 0) is 18.1 Å². The molecule has 4 heteroatoms. The zero-order chi connectivity index (χ0) is 10.1. The van der Waals surface area contributed by atoms with Gasteiger partial charge in [-0.3, -0.25) is 4.79 Å². The molecule has 2 N–H and O–H groups in total. The van der Waals surface area contributed by atoms with E-state index in [2.05, 4.69) is 0 Å². The lowest BCUT2D eigenvalue weighted by Gasteiger charge is -2.22. The number of fused-ring (bicyclic) bond motifs is 1. The second-order valence-electron chi connectivity index (χ2n) is 3.34. The van der Waals surface area contributed by atoms with Gasteiger partial charge in [-0.25, -0.2) is 0 Å². The molecule has 14 heavy (non-hydrogen) atoms. The Hall–Kier alpha value is -1.71. The molecule has 0 unspecified atom stereocenters. The van der Waals surface area contributed by atoms with Crippen molar-refractivity contribution in [1.29, 1.82) is 0 Å². The summed E-state index contributed by atoms with van der Waals surface area (Å²) in [5.74, 6) is -0.601. The molecular formula is C10H10O4. The van der Waals surface area contributed by atoms with Crippen LogP contribution in [0.5, 0.6) is 11.5 Å². The Labute approximate surface area is 80.7 Å². The summed E-state index contributed by atoms with van der Waals surface area (Å²) in [4.78, 5) is 10.7. The molecule has 0 spiro atoms. The van der Waals surface area contributed by atoms with E-state index in [1.54, 1.807) is 6.07 Å². The summed E-state index contributed by atoms with van der Waals surface area (Å²) < 4.78 is 5.24. The maximum atomic E-state index is 10.7. The Bertz CT molecular complexity index is 372. The fraction of sp³-hybridized carbons (Fsp3) is 0.300. The molecule has 0 radical (unpaired) electrons. The van der Waals surface area contributed by atoms with Crippen LogP contribution in [0.3, 0.4) is 0 Å². The number of carboxylic acids is 1. The van der Waals surface area contributed by atoms with Crippen LogP contribution >= 0.6 is 0 Å². The molecule has 1 aliphatic rings. The van der Waals surface area contributed by atoms with Crippen LogP contribution in [0.2, 0.25) is 0 Å². The van der Waals surface area contributed by atoms with Crippen LogP contribution in [0, 0.1) is 5.92 Å². The molecule has 0 aromatic heterocycles. The van der Waals surface area contributed by atoms with Gasteiger partial charge < -0.3 is 14.9 Å². The Morgan fingerprint density at radius 3 is 3.00 bits per heavy atom. The standard InChI is InChI=1S/C10H10O4/c11-8-2-1-6-3-7(10(12)13)5-14-9(6)4-8/h1-2,4,7,11H,3,5H2,(H,12,13)/t7-/m0/s1. The van der Waals surface area contributed by atoms with Crippen LogP contribution in [0.15, 0.2) is 18.2 Å². The predicted molar refractivity (Wildman–Crippen MR) is 48.4 cm³/mol. The third-order valence-corrected chi connectivity index (χ3v) is 2.31. The van der Waals surface area contributed by atoms with Gasteiger partial charge in [0.05, 0.1) is 5.92 Å². The van der Waals surface area contributed by atoms with Gasteiger partial charge in [0.25, 0.3) is 0 Å². The molecule has 1 heterocycles. The fourth-order valence-electron chi connectivity index (χ4n) is 1.52. The van der Waals surface area contributed by atoms with Gasteiger partial charge in [0.2, 0.25) is 0 Å². The van der Waals surface area contributed by atoms with Crippen LogP contribution in [0.1, 0.15) is 5.56 Å². The molecule has 74 valence electrons. The molecule has 1 aliphatic heterocycles. The van der Waals surface area contributed by atoms with Crippen molar-refractivity contribution in [3.05, 3.63) is 23.8 Å². The van der Waals surface area contributed by atoms with E-state index in [-0.39, 0.29) is 12.4 Å². The van der Waals surface area contributed by atoms with Crippen LogP contribution in [0.4, 0.5) is 0 Å². The maximum Gasteiger partial charge on any atom is 0.310 e. The topological polar surface area (TPSA) is 66.8 Å². The number of hydrogen-bond acceptors (Lipinski definition) is 3. The highest BCUT2D eigenvalue weighted by atomic mass is 16.5. The summed E-state index contributed by atoms with van der Waals surface area (Å²) in [5.41, 5.74) is 0.835. The molecule has 1 aromatic carbocycles. The zero-order valence-electron chi connectivity index (χ0n) is 7.43. The van der Waals surface area contributed by atoms with Crippen LogP contribution in [-0.4, -0.2) is 22.8 Å². The lowest BCUT2D eigenvalue weighted by molar-refractivity contribution is -0.143. The van der Waals surface area contributed by atoms with E-state index >= 15 is 0 Å². The second-order valence-corrected chi connectivity index (χ2v) is 3.34. The Kier molecular flexibility index (Phi) is 2.04. The summed E-state index contributed by atoms with van der Waals surface area (Å²) in [7, 11) is 0. The van der Waals surface area contributed by atoms with Crippen molar-refractivity contribution < 1.29 is 19.7 Å². The van der Waals surface area contributed by atoms with Crippen LogP contribution in [0.25, 0.3) is 0 Å². The summed E-state index contributed by atoms with van der Waals surface area (Å²) in [5, 5.41) is 18.0. The quantitative estimate of drug-likeness (QED) is 0.700. The molecule has 1 aromatic rings. The minimum Gasteiger partial charge on any atom is -0.508 e. The van der Waals surface area contributed by atoms with E-state index in [1.165, 1.54) is 12.1 Å². The van der Waals surface area contributed by atoms with E-state index < -0.39 is 11.9 Å². The first-order chi connectivity index (χ1) is 6.66. The average Bonchev–Trinajstić information content (AvgIpc) is 2.16. The Balaban J connectivity index is 2.27. The van der Waals surface area contributed by atoms with Crippen molar-refractivity contribution >= 4 is 5.97 Å². The Morgan fingerprint density at radius 1 is 1.50 bits per heavy atom. The van der Waals surface area contributed by atoms with Crippen molar-refractivity contribution in [1.82, 2.24) is 0 Å². The van der Waals surface area contributed by atoms with Crippen molar-refractivity contribution in [2.24, 2.45) is 5.92 Å². The highest BCUT2D eigenvalue weighted by Crippen LogP contribution is 2.30. The zero-order valence-corrected chi connectivity index (χ0v) is 7.43. The number of hydrogen-bond donors (Lipinski definition) is 2. The minimum absolute atomic E-state index is 0.137. The van der Waals surface area contributed by atoms with Gasteiger partial charge >= 0.3 is 5.97 Å². The summed E-state index contributed by atoms with van der Waals surface area (Å²) in [6.07, 6.45) is 0.463. The number of ether oxygens (including phenoxy) is 1. The molecule has 0 bridgehead atoms. The van der Waals surface area contributed by atoms with E-state index in [4.69, 9.17) is 14.9 Å². The summed E-state index contributed by atoms with van der Waals surface area (Å²) in [6, 6.07) is 4.74. The van der Waals surface area contributed by atoms with E-state index in [0.29, 0.717) is 12.2 Å². The predicted octanol–water partition coefficient (Wildman–Crippen LogP) is 1.03. The average molecular weight is 194 g/mol. The molecule has 4 nitrogen and oxygen atoms in total. The third kappa shape index (κ3) is 1.51. The van der Waals surface area contributed by atoms with Crippen LogP contribution in [-0.2, 0) is 11.2 Å². The van der Waals surface area contributed by atoms with Gasteiger partial charge in [-0.15, -0.1) is 0 Å². The normalized spacial score (nSPS) is 19.6. The number of carbonyl (C=O) groups is 1. The number of phenolic OH excluding ortho intramolecular Hbond substituents is 1. The molecule has 0 saturated heterocycles. The third-order valence-electron chi connectivity index (χ3n) is 2.31. The van der Waals surface area contributed by atoms with E-state index in [0.717, 1.165) is 5.56 Å². The summed E-state index contributed by atoms with van der Waals surface area (Å²) in [6.45, 7) is 0.172. The molecule has 0 fully saturated rings. The minimum atomic E-state index is -0.844.